The predicted octanol–water partition coefficient (Wildman–Crippen LogP) is 4.56. The minimum atomic E-state index is 0.0780. The predicted molar refractivity (Wildman–Crippen MR) is 152 cm³/mol. The number of nitrogens with zero attached hydrogens (tertiary/aromatic N) is 6. The van der Waals surface area contributed by atoms with E-state index < -0.39 is 0 Å². The average molecular weight is 497 g/mol. The summed E-state index contributed by atoms with van der Waals surface area (Å²) in [4.78, 5) is 27.0. The van der Waals surface area contributed by atoms with Gasteiger partial charge in [-0.2, -0.15) is 0 Å². The summed E-state index contributed by atoms with van der Waals surface area (Å²) in [5.41, 5.74) is 6.23. The Labute approximate surface area is 219 Å². The van der Waals surface area contributed by atoms with Crippen molar-refractivity contribution in [3.05, 3.63) is 89.7 Å². The van der Waals surface area contributed by atoms with E-state index >= 15 is 0 Å². The fraction of sp³-hybridized carbons (Fsp3) is 0.333. The molecule has 0 N–H and O–H groups in total. The van der Waals surface area contributed by atoms with Crippen LogP contribution in [0.4, 0.5) is 17.2 Å². The molecule has 0 aliphatic carbocycles. The molecule has 7 heteroatoms. The van der Waals surface area contributed by atoms with Crippen LogP contribution in [0.25, 0.3) is 5.65 Å². The zero-order valence-corrected chi connectivity index (χ0v) is 22.3. The summed E-state index contributed by atoms with van der Waals surface area (Å²) >= 11 is 0. The number of imidazole rings is 1. The third-order valence-corrected chi connectivity index (χ3v) is 7.17. The van der Waals surface area contributed by atoms with Crippen LogP contribution in [0.1, 0.15) is 28.5 Å². The molecule has 4 aromatic rings. The van der Waals surface area contributed by atoms with Gasteiger partial charge in [-0.25, -0.2) is 4.98 Å². The Kier molecular flexibility index (Phi) is 7.04. The smallest absolute Gasteiger partial charge is 0.255 e. The minimum absolute atomic E-state index is 0.0780. The molecular weight excluding hydrogens is 460 g/mol. The van der Waals surface area contributed by atoms with E-state index in [1.807, 2.05) is 29.3 Å². The van der Waals surface area contributed by atoms with Crippen molar-refractivity contribution in [1.29, 1.82) is 0 Å². The fourth-order valence-electron chi connectivity index (χ4n) is 5.09. The normalized spacial score (nSPS) is 13.7. The molecule has 1 amide bonds. The summed E-state index contributed by atoms with van der Waals surface area (Å²) in [5.74, 6) is 1.12. The van der Waals surface area contributed by atoms with Crippen molar-refractivity contribution in [3.63, 3.8) is 0 Å². The average Bonchev–Trinajstić information content (AvgIpc) is 3.31. The molecule has 1 aliphatic rings. The summed E-state index contributed by atoms with van der Waals surface area (Å²) in [6, 6.07) is 22.9. The van der Waals surface area contributed by atoms with Crippen molar-refractivity contribution in [2.24, 2.45) is 0 Å². The quantitative estimate of drug-likeness (QED) is 0.375. The first-order valence-electron chi connectivity index (χ1n) is 13.0. The number of fused-ring (bicyclic) bond motifs is 1. The van der Waals surface area contributed by atoms with Crippen LogP contribution in [0.15, 0.2) is 72.9 Å². The number of carbonyl (C=O) groups is 1. The maximum Gasteiger partial charge on any atom is 0.255 e. The lowest BCUT2D eigenvalue weighted by Gasteiger charge is -2.36. The van der Waals surface area contributed by atoms with Crippen molar-refractivity contribution in [1.82, 2.24) is 14.3 Å². The third kappa shape index (κ3) is 5.12. The molecule has 0 spiro atoms. The maximum atomic E-state index is 13.5. The van der Waals surface area contributed by atoms with Crippen LogP contribution in [0.5, 0.6) is 0 Å². The van der Waals surface area contributed by atoms with Gasteiger partial charge in [-0.3, -0.25) is 9.20 Å². The Morgan fingerprint density at radius 1 is 0.892 bits per heavy atom. The SMILES string of the molecule is CCc1nc2ccc(C(=O)N3CCN(c4ccccc4)CC3)cn2c1N(C)Cc1ccc(N(C)C)cc1. The van der Waals surface area contributed by atoms with Crippen molar-refractivity contribution in [2.45, 2.75) is 19.9 Å². The van der Waals surface area contributed by atoms with Crippen LogP contribution >= 0.6 is 0 Å². The molecule has 0 bridgehead atoms. The van der Waals surface area contributed by atoms with Crippen LogP contribution in [-0.4, -0.2) is 67.5 Å². The molecule has 1 saturated heterocycles. The third-order valence-electron chi connectivity index (χ3n) is 7.17. The van der Waals surface area contributed by atoms with Gasteiger partial charge >= 0.3 is 0 Å². The van der Waals surface area contributed by atoms with Crippen LogP contribution in [-0.2, 0) is 13.0 Å². The molecule has 0 atom stereocenters. The number of hydrogen-bond donors (Lipinski definition) is 0. The number of aromatic nitrogens is 2. The van der Waals surface area contributed by atoms with Crippen LogP contribution < -0.4 is 14.7 Å². The number of rotatable bonds is 7. The monoisotopic (exact) mass is 496 g/mol. The van der Waals surface area contributed by atoms with Crippen molar-refractivity contribution in [3.8, 4) is 0 Å². The second kappa shape index (κ2) is 10.5. The fourth-order valence-corrected chi connectivity index (χ4v) is 5.09. The number of piperazine rings is 1. The van der Waals surface area contributed by atoms with Crippen LogP contribution in [0.3, 0.4) is 0 Å². The highest BCUT2D eigenvalue weighted by molar-refractivity contribution is 5.94. The Bertz CT molecular complexity index is 1350. The minimum Gasteiger partial charge on any atom is -0.378 e. The molecule has 0 unspecified atom stereocenters. The molecule has 5 rings (SSSR count). The largest absolute Gasteiger partial charge is 0.378 e. The van der Waals surface area contributed by atoms with Crippen molar-refractivity contribution >= 4 is 28.7 Å². The highest BCUT2D eigenvalue weighted by Gasteiger charge is 2.24. The highest BCUT2D eigenvalue weighted by Crippen LogP contribution is 2.26. The zero-order valence-electron chi connectivity index (χ0n) is 22.3. The first-order valence-corrected chi connectivity index (χ1v) is 13.0. The topological polar surface area (TPSA) is 47.3 Å². The zero-order chi connectivity index (χ0) is 25.9. The molecule has 2 aromatic heterocycles. The molecular formula is C30H36N6O. The summed E-state index contributed by atoms with van der Waals surface area (Å²) < 4.78 is 2.08. The van der Waals surface area contributed by atoms with E-state index in [2.05, 4.69) is 95.7 Å². The molecule has 0 saturated carbocycles. The van der Waals surface area contributed by atoms with Gasteiger partial charge in [0.15, 0.2) is 0 Å². The van der Waals surface area contributed by atoms with E-state index in [9.17, 15) is 4.79 Å². The number of anilines is 3. The lowest BCUT2D eigenvalue weighted by atomic mass is 10.2. The Hall–Kier alpha value is -4.00. The number of benzene rings is 2. The summed E-state index contributed by atoms with van der Waals surface area (Å²) in [6.45, 7) is 5.99. The van der Waals surface area contributed by atoms with Gasteiger partial charge in [0.2, 0.25) is 0 Å². The Balaban J connectivity index is 1.35. The van der Waals surface area contributed by atoms with Gasteiger partial charge in [0.1, 0.15) is 11.5 Å². The molecule has 37 heavy (non-hydrogen) atoms. The standard InChI is InChI=1S/C30H36N6O/c1-5-27-29(33(4)21-23-11-14-25(15-12-23)32(2)3)36-22-24(13-16-28(36)31-27)30(37)35-19-17-34(18-20-35)26-9-7-6-8-10-26/h6-16,22H,5,17-21H2,1-4H3. The van der Waals surface area contributed by atoms with Gasteiger partial charge in [-0.05, 0) is 48.4 Å². The van der Waals surface area contributed by atoms with Gasteiger partial charge in [0.05, 0.1) is 11.3 Å². The van der Waals surface area contributed by atoms with E-state index in [0.717, 1.165) is 43.2 Å². The number of carbonyl (C=O) groups excluding carboxylic acids is 1. The Morgan fingerprint density at radius 3 is 2.24 bits per heavy atom. The number of aryl methyl sites for hydroxylation is 1. The van der Waals surface area contributed by atoms with Gasteiger partial charge in [-0.15, -0.1) is 0 Å². The van der Waals surface area contributed by atoms with Crippen molar-refractivity contribution in [2.75, 3.05) is 62.0 Å². The molecule has 1 aliphatic heterocycles. The summed E-state index contributed by atoms with van der Waals surface area (Å²) in [7, 11) is 6.20. The molecule has 7 nitrogen and oxygen atoms in total. The van der Waals surface area contributed by atoms with Gasteiger partial charge in [0.25, 0.3) is 5.91 Å². The van der Waals surface area contributed by atoms with Gasteiger partial charge in [0, 0.05) is 71.4 Å². The highest BCUT2D eigenvalue weighted by atomic mass is 16.2. The molecule has 192 valence electrons. The summed E-state index contributed by atoms with van der Waals surface area (Å²) in [5, 5.41) is 0. The van der Waals surface area contributed by atoms with E-state index in [4.69, 9.17) is 4.98 Å². The lowest BCUT2D eigenvalue weighted by Crippen LogP contribution is -2.48. The maximum absolute atomic E-state index is 13.5. The van der Waals surface area contributed by atoms with Gasteiger partial charge in [-0.1, -0.05) is 37.3 Å². The van der Waals surface area contributed by atoms with E-state index in [-0.39, 0.29) is 5.91 Å². The lowest BCUT2D eigenvalue weighted by molar-refractivity contribution is 0.0746. The number of hydrogen-bond acceptors (Lipinski definition) is 5. The van der Waals surface area contributed by atoms with Crippen molar-refractivity contribution < 1.29 is 4.79 Å². The van der Waals surface area contributed by atoms with Crippen LogP contribution in [0.2, 0.25) is 0 Å². The first kappa shape index (κ1) is 24.7. The molecule has 2 aromatic carbocycles. The number of amides is 1. The van der Waals surface area contributed by atoms with E-state index in [0.29, 0.717) is 18.7 Å². The molecule has 3 heterocycles. The number of pyridine rings is 1. The van der Waals surface area contributed by atoms with Gasteiger partial charge < -0.3 is 19.6 Å². The van der Waals surface area contributed by atoms with E-state index in [1.165, 1.54) is 16.9 Å². The summed E-state index contributed by atoms with van der Waals surface area (Å²) in [6.07, 6.45) is 2.79. The molecule has 0 radical (unpaired) electrons. The van der Waals surface area contributed by atoms with E-state index in [1.54, 1.807) is 0 Å². The number of para-hydroxylation sites is 1. The second-order valence-electron chi connectivity index (χ2n) is 9.91. The second-order valence-corrected chi connectivity index (χ2v) is 9.91. The van der Waals surface area contributed by atoms with Crippen LogP contribution in [0, 0.1) is 0 Å². The Morgan fingerprint density at radius 2 is 1.59 bits per heavy atom. The first-order chi connectivity index (χ1) is 17.9. The molecule has 1 fully saturated rings.